The summed E-state index contributed by atoms with van der Waals surface area (Å²) in [6.45, 7) is 5.53. The van der Waals surface area contributed by atoms with Gasteiger partial charge in [0, 0.05) is 18.7 Å². The minimum atomic E-state index is -0.741. The molecule has 6 nitrogen and oxygen atoms in total. The first-order valence-electron chi connectivity index (χ1n) is 9.88. The summed E-state index contributed by atoms with van der Waals surface area (Å²) in [7, 11) is 0. The summed E-state index contributed by atoms with van der Waals surface area (Å²) in [5.41, 5.74) is 2.77. The second-order valence-electron chi connectivity index (χ2n) is 7.71. The number of para-hydroxylation sites is 2. The number of ether oxygens (including phenoxy) is 1. The van der Waals surface area contributed by atoms with E-state index < -0.39 is 30.2 Å². The SMILES string of the molecule is Cc1cccc(C(C)C)c1NC(=O)COC(=O)[C@H]1CC(=O)N(c2ccccc2F)C1. The van der Waals surface area contributed by atoms with E-state index in [1.165, 1.54) is 23.1 Å². The molecule has 0 aromatic heterocycles. The van der Waals surface area contributed by atoms with Crippen LogP contribution in [0.15, 0.2) is 42.5 Å². The molecule has 1 fully saturated rings. The van der Waals surface area contributed by atoms with Crippen molar-refractivity contribution in [1.29, 1.82) is 0 Å². The van der Waals surface area contributed by atoms with Crippen molar-refractivity contribution >= 4 is 29.2 Å². The number of benzene rings is 2. The maximum absolute atomic E-state index is 14.0. The van der Waals surface area contributed by atoms with Crippen LogP contribution >= 0.6 is 0 Å². The summed E-state index contributed by atoms with van der Waals surface area (Å²) in [4.78, 5) is 38.2. The van der Waals surface area contributed by atoms with Crippen LogP contribution in [0.1, 0.15) is 37.3 Å². The van der Waals surface area contributed by atoms with E-state index in [1.807, 2.05) is 39.0 Å². The second-order valence-corrected chi connectivity index (χ2v) is 7.71. The van der Waals surface area contributed by atoms with Gasteiger partial charge in [-0.25, -0.2) is 4.39 Å². The molecule has 158 valence electrons. The third-order valence-electron chi connectivity index (χ3n) is 5.14. The van der Waals surface area contributed by atoms with Gasteiger partial charge in [0.25, 0.3) is 5.91 Å². The summed E-state index contributed by atoms with van der Waals surface area (Å²) in [5.74, 6) is -2.50. The van der Waals surface area contributed by atoms with E-state index in [0.717, 1.165) is 16.8 Å². The lowest BCUT2D eigenvalue weighted by Crippen LogP contribution is -2.28. The molecule has 0 aliphatic carbocycles. The molecule has 2 aromatic carbocycles. The molecular formula is C23H25FN2O4. The first-order valence-corrected chi connectivity index (χ1v) is 9.88. The van der Waals surface area contributed by atoms with Crippen LogP contribution in [0.5, 0.6) is 0 Å². The van der Waals surface area contributed by atoms with Crippen LogP contribution in [0.3, 0.4) is 0 Å². The molecule has 0 saturated carbocycles. The minimum absolute atomic E-state index is 0.0233. The van der Waals surface area contributed by atoms with Crippen molar-refractivity contribution in [3.05, 3.63) is 59.4 Å². The zero-order chi connectivity index (χ0) is 21.8. The lowest BCUT2D eigenvalue weighted by atomic mass is 9.98. The third kappa shape index (κ3) is 4.67. The highest BCUT2D eigenvalue weighted by Gasteiger charge is 2.37. The Morgan fingerprint density at radius 1 is 1.20 bits per heavy atom. The molecule has 2 aromatic rings. The number of halogens is 1. The number of amides is 2. The van der Waals surface area contributed by atoms with Gasteiger partial charge in [-0.3, -0.25) is 14.4 Å². The van der Waals surface area contributed by atoms with Crippen LogP contribution in [0, 0.1) is 18.7 Å². The van der Waals surface area contributed by atoms with E-state index >= 15 is 0 Å². The number of esters is 1. The van der Waals surface area contributed by atoms with E-state index in [9.17, 15) is 18.8 Å². The fourth-order valence-corrected chi connectivity index (χ4v) is 3.54. The summed E-state index contributed by atoms with van der Waals surface area (Å²) < 4.78 is 19.1. The van der Waals surface area contributed by atoms with Gasteiger partial charge in [0.1, 0.15) is 5.82 Å². The Kier molecular flexibility index (Phi) is 6.50. The van der Waals surface area contributed by atoms with Crippen LogP contribution in [0.2, 0.25) is 0 Å². The smallest absolute Gasteiger partial charge is 0.311 e. The van der Waals surface area contributed by atoms with Gasteiger partial charge in [-0.1, -0.05) is 44.2 Å². The number of rotatable bonds is 6. The van der Waals surface area contributed by atoms with Crippen LogP contribution < -0.4 is 10.2 Å². The summed E-state index contributed by atoms with van der Waals surface area (Å²) >= 11 is 0. The molecule has 0 radical (unpaired) electrons. The van der Waals surface area contributed by atoms with Crippen molar-refractivity contribution in [3.63, 3.8) is 0 Å². The van der Waals surface area contributed by atoms with Crippen molar-refractivity contribution in [2.45, 2.75) is 33.1 Å². The summed E-state index contributed by atoms with van der Waals surface area (Å²) in [6, 6.07) is 11.7. The lowest BCUT2D eigenvalue weighted by Gasteiger charge is -2.17. The summed E-state index contributed by atoms with van der Waals surface area (Å²) in [6.07, 6.45) is -0.0793. The molecule has 1 aliphatic heterocycles. The van der Waals surface area contributed by atoms with Crippen molar-refractivity contribution in [2.75, 3.05) is 23.4 Å². The Labute approximate surface area is 175 Å². The zero-order valence-electron chi connectivity index (χ0n) is 17.3. The maximum Gasteiger partial charge on any atom is 0.311 e. The number of hydrogen-bond donors (Lipinski definition) is 1. The van der Waals surface area contributed by atoms with Crippen molar-refractivity contribution < 1.29 is 23.5 Å². The fraction of sp³-hybridized carbons (Fsp3) is 0.348. The van der Waals surface area contributed by atoms with Gasteiger partial charge in [-0.15, -0.1) is 0 Å². The van der Waals surface area contributed by atoms with Crippen LogP contribution in [-0.4, -0.2) is 30.9 Å². The molecule has 2 amide bonds. The average molecular weight is 412 g/mol. The predicted molar refractivity (Wildman–Crippen MR) is 112 cm³/mol. The summed E-state index contributed by atoms with van der Waals surface area (Å²) in [5, 5.41) is 2.81. The molecule has 1 saturated heterocycles. The molecule has 1 N–H and O–H groups in total. The predicted octanol–water partition coefficient (Wildman–Crippen LogP) is 3.79. The normalized spacial score (nSPS) is 16.1. The molecule has 30 heavy (non-hydrogen) atoms. The van der Waals surface area contributed by atoms with Gasteiger partial charge in [0.05, 0.1) is 11.6 Å². The van der Waals surface area contributed by atoms with Gasteiger partial charge in [-0.05, 0) is 36.1 Å². The van der Waals surface area contributed by atoms with E-state index in [-0.39, 0.29) is 30.5 Å². The molecule has 1 aliphatic rings. The number of aryl methyl sites for hydroxylation is 1. The van der Waals surface area contributed by atoms with Crippen molar-refractivity contribution in [3.8, 4) is 0 Å². The Bertz CT molecular complexity index is 973. The van der Waals surface area contributed by atoms with Crippen LogP contribution in [0.25, 0.3) is 0 Å². The van der Waals surface area contributed by atoms with Crippen LogP contribution in [-0.2, 0) is 19.1 Å². The molecule has 1 heterocycles. The number of carbonyl (C=O) groups excluding carboxylic acids is 3. The fourth-order valence-electron chi connectivity index (χ4n) is 3.54. The number of hydrogen-bond acceptors (Lipinski definition) is 4. The van der Waals surface area contributed by atoms with Gasteiger partial charge < -0.3 is 15.0 Å². The van der Waals surface area contributed by atoms with Gasteiger partial charge in [0.2, 0.25) is 5.91 Å². The van der Waals surface area contributed by atoms with E-state index in [0.29, 0.717) is 0 Å². The number of carbonyl (C=O) groups is 3. The highest BCUT2D eigenvalue weighted by atomic mass is 19.1. The monoisotopic (exact) mass is 412 g/mol. The Balaban J connectivity index is 1.58. The topological polar surface area (TPSA) is 75.7 Å². The molecular weight excluding hydrogens is 387 g/mol. The van der Waals surface area contributed by atoms with E-state index in [4.69, 9.17) is 4.74 Å². The highest BCUT2D eigenvalue weighted by molar-refractivity contribution is 6.00. The van der Waals surface area contributed by atoms with Gasteiger partial charge in [0.15, 0.2) is 6.61 Å². The molecule has 7 heteroatoms. The Hall–Kier alpha value is -3.22. The Morgan fingerprint density at radius 3 is 2.63 bits per heavy atom. The van der Waals surface area contributed by atoms with E-state index in [1.54, 1.807) is 6.07 Å². The van der Waals surface area contributed by atoms with Gasteiger partial charge >= 0.3 is 5.97 Å². The zero-order valence-corrected chi connectivity index (χ0v) is 17.3. The third-order valence-corrected chi connectivity index (χ3v) is 5.14. The highest BCUT2D eigenvalue weighted by Crippen LogP contribution is 2.29. The number of anilines is 2. The standard InChI is InChI=1S/C23H25FN2O4/c1-14(2)17-8-6-7-15(3)22(17)25-20(27)13-30-23(29)16-11-21(28)26(12-16)19-10-5-4-9-18(19)24/h4-10,14,16H,11-13H2,1-3H3,(H,25,27)/t16-/m0/s1. The number of nitrogens with one attached hydrogen (secondary N) is 1. The van der Waals surface area contributed by atoms with Crippen LogP contribution in [0.4, 0.5) is 15.8 Å². The molecule has 1 atom stereocenters. The quantitative estimate of drug-likeness (QED) is 0.733. The van der Waals surface area contributed by atoms with Crippen molar-refractivity contribution in [2.24, 2.45) is 5.92 Å². The molecule has 0 spiro atoms. The average Bonchev–Trinajstić information content (AvgIpc) is 3.09. The molecule has 3 rings (SSSR count). The first kappa shape index (κ1) is 21.5. The number of nitrogens with zero attached hydrogens (tertiary/aromatic N) is 1. The second kappa shape index (κ2) is 9.07. The lowest BCUT2D eigenvalue weighted by molar-refractivity contribution is -0.151. The molecule has 0 bridgehead atoms. The minimum Gasteiger partial charge on any atom is -0.455 e. The maximum atomic E-state index is 14.0. The molecule has 0 unspecified atom stereocenters. The van der Waals surface area contributed by atoms with E-state index in [2.05, 4.69) is 5.32 Å². The largest absolute Gasteiger partial charge is 0.455 e. The Morgan fingerprint density at radius 2 is 1.93 bits per heavy atom. The van der Waals surface area contributed by atoms with Gasteiger partial charge in [-0.2, -0.15) is 0 Å². The first-order chi connectivity index (χ1) is 14.3. The van der Waals surface area contributed by atoms with Crippen molar-refractivity contribution in [1.82, 2.24) is 0 Å².